The first-order valence-electron chi connectivity index (χ1n) is 6.42. The van der Waals surface area contributed by atoms with Gasteiger partial charge in [0.05, 0.1) is 10.7 Å². The monoisotopic (exact) mass is 401 g/mol. The van der Waals surface area contributed by atoms with E-state index in [1.54, 1.807) is 24.3 Å². The first kappa shape index (κ1) is 19.6. The van der Waals surface area contributed by atoms with E-state index in [1.807, 2.05) is 6.92 Å². The van der Waals surface area contributed by atoms with Crippen LogP contribution in [0.5, 0.6) is 0 Å². The van der Waals surface area contributed by atoms with Crippen LogP contribution >= 0.6 is 58.6 Å². The summed E-state index contributed by atoms with van der Waals surface area (Å²) in [6.45, 7) is 1.88. The van der Waals surface area contributed by atoms with E-state index >= 15 is 0 Å². The maximum atomic E-state index is 11.7. The highest BCUT2D eigenvalue weighted by Gasteiger charge is 2.34. The second-order valence-corrected chi connectivity index (χ2v) is 7.55. The molecule has 0 heterocycles. The van der Waals surface area contributed by atoms with Crippen LogP contribution in [-0.4, -0.2) is 21.0 Å². The van der Waals surface area contributed by atoms with Crippen LogP contribution in [0.2, 0.25) is 5.02 Å². The second-order valence-electron chi connectivity index (χ2n) is 4.37. The molecule has 0 radical (unpaired) electrons. The van der Waals surface area contributed by atoms with E-state index in [4.69, 9.17) is 58.6 Å². The van der Waals surface area contributed by atoms with E-state index in [0.717, 1.165) is 0 Å². The van der Waals surface area contributed by atoms with E-state index < -0.39 is 9.96 Å². The Bertz CT molecular complexity index is 536. The van der Waals surface area contributed by atoms with E-state index in [2.05, 4.69) is 16.0 Å². The first-order valence-corrected chi connectivity index (χ1v) is 8.34. The highest BCUT2D eigenvalue weighted by Crippen LogP contribution is 2.29. The molecule has 1 amide bonds. The number of carbonyl (C=O) groups excluding carboxylic acids is 1. The summed E-state index contributed by atoms with van der Waals surface area (Å²) in [7, 11) is 0. The van der Waals surface area contributed by atoms with Gasteiger partial charge in [0.2, 0.25) is 9.70 Å². The lowest BCUT2D eigenvalue weighted by molar-refractivity contribution is -0.121. The van der Waals surface area contributed by atoms with Gasteiger partial charge in [-0.25, -0.2) is 0 Å². The molecule has 0 aliphatic heterocycles. The Kier molecular flexibility index (Phi) is 8.00. The van der Waals surface area contributed by atoms with Crippen molar-refractivity contribution in [1.29, 1.82) is 0 Å². The third kappa shape index (κ3) is 6.75. The van der Waals surface area contributed by atoms with E-state index in [-0.39, 0.29) is 11.0 Å². The predicted molar refractivity (Wildman–Crippen MR) is 97.9 cm³/mol. The zero-order valence-corrected chi connectivity index (χ0v) is 15.5. The molecule has 0 spiro atoms. The summed E-state index contributed by atoms with van der Waals surface area (Å²) in [5.41, 5.74) is 0.601. The van der Waals surface area contributed by atoms with Crippen LogP contribution in [0.3, 0.4) is 0 Å². The number of halogens is 4. The summed E-state index contributed by atoms with van der Waals surface area (Å²) in [4.78, 5) is 11.7. The molecule has 1 unspecified atom stereocenters. The van der Waals surface area contributed by atoms with Gasteiger partial charge < -0.3 is 16.0 Å². The highest BCUT2D eigenvalue weighted by atomic mass is 35.6. The average Bonchev–Trinajstić information content (AvgIpc) is 2.40. The fourth-order valence-corrected chi connectivity index (χ4v) is 2.25. The van der Waals surface area contributed by atoms with Crippen molar-refractivity contribution in [1.82, 2.24) is 10.6 Å². The molecule has 0 aromatic heterocycles. The SMILES string of the molecule is CCCC(=O)NC(NC(=S)Nc1ccccc1Cl)C(Cl)(Cl)Cl. The fraction of sp³-hybridized carbons (Fsp3) is 0.385. The molecule has 0 aliphatic rings. The molecule has 0 fully saturated rings. The molecule has 1 rings (SSSR count). The Balaban J connectivity index is 2.71. The van der Waals surface area contributed by atoms with Crippen molar-refractivity contribution in [3.8, 4) is 0 Å². The van der Waals surface area contributed by atoms with Gasteiger partial charge in [-0.2, -0.15) is 0 Å². The number of para-hydroxylation sites is 1. The molecule has 4 nitrogen and oxygen atoms in total. The maximum absolute atomic E-state index is 11.7. The smallest absolute Gasteiger partial charge is 0.228 e. The average molecular weight is 403 g/mol. The molecule has 22 heavy (non-hydrogen) atoms. The fourth-order valence-electron chi connectivity index (χ4n) is 1.51. The summed E-state index contributed by atoms with van der Waals surface area (Å²) < 4.78 is -1.77. The van der Waals surface area contributed by atoms with Crippen molar-refractivity contribution in [3.63, 3.8) is 0 Å². The van der Waals surface area contributed by atoms with E-state index in [0.29, 0.717) is 23.6 Å². The zero-order valence-electron chi connectivity index (χ0n) is 11.6. The standard InChI is InChI=1S/C13H15Cl4N3OS/c1-2-5-10(21)19-11(13(15,16)17)20-12(22)18-9-7-4-3-6-8(9)14/h3-4,6-7,11H,2,5H2,1H3,(H,19,21)(H2,18,20,22). The Morgan fingerprint density at radius 1 is 1.27 bits per heavy atom. The molecule has 3 N–H and O–H groups in total. The number of hydrogen-bond acceptors (Lipinski definition) is 2. The lowest BCUT2D eigenvalue weighted by atomic mass is 10.3. The van der Waals surface area contributed by atoms with Crippen molar-refractivity contribution < 1.29 is 4.79 Å². The van der Waals surface area contributed by atoms with Crippen LogP contribution in [0.1, 0.15) is 19.8 Å². The molecule has 0 saturated carbocycles. The van der Waals surface area contributed by atoms with Crippen LogP contribution in [0.25, 0.3) is 0 Å². The van der Waals surface area contributed by atoms with Crippen molar-refractivity contribution in [3.05, 3.63) is 29.3 Å². The van der Waals surface area contributed by atoms with Gasteiger partial charge in [-0.15, -0.1) is 0 Å². The second kappa shape index (κ2) is 8.99. The molecular weight excluding hydrogens is 388 g/mol. The number of thiocarbonyl (C=S) groups is 1. The minimum atomic E-state index is -1.77. The number of alkyl halides is 3. The van der Waals surface area contributed by atoms with Gasteiger partial charge in [0.25, 0.3) is 0 Å². The third-order valence-electron chi connectivity index (χ3n) is 2.51. The summed E-state index contributed by atoms with van der Waals surface area (Å²) in [5.74, 6) is -0.244. The minimum Gasteiger partial charge on any atom is -0.339 e. The number of carbonyl (C=O) groups is 1. The summed E-state index contributed by atoms with van der Waals surface area (Å²) in [6, 6.07) is 7.05. The lowest BCUT2D eigenvalue weighted by Gasteiger charge is -2.27. The number of rotatable bonds is 5. The number of anilines is 1. The molecule has 1 atom stereocenters. The van der Waals surface area contributed by atoms with Crippen LogP contribution < -0.4 is 16.0 Å². The molecule has 9 heteroatoms. The van der Waals surface area contributed by atoms with Gasteiger partial charge >= 0.3 is 0 Å². The van der Waals surface area contributed by atoms with Crippen LogP contribution in [0.4, 0.5) is 5.69 Å². The van der Waals surface area contributed by atoms with Gasteiger partial charge in [-0.1, -0.05) is 65.5 Å². The molecule has 122 valence electrons. The van der Waals surface area contributed by atoms with Crippen LogP contribution in [0, 0.1) is 0 Å². The number of amides is 1. The van der Waals surface area contributed by atoms with Gasteiger partial charge in [-0.3, -0.25) is 4.79 Å². The van der Waals surface area contributed by atoms with Crippen molar-refractivity contribution in [2.45, 2.75) is 29.7 Å². The van der Waals surface area contributed by atoms with Gasteiger partial charge in [0.1, 0.15) is 6.17 Å². The van der Waals surface area contributed by atoms with Crippen molar-refractivity contribution >= 4 is 75.3 Å². The molecule has 0 bridgehead atoms. The summed E-state index contributed by atoms with van der Waals surface area (Å²) in [6.07, 6.45) is 0.0312. The first-order chi connectivity index (χ1) is 10.2. The lowest BCUT2D eigenvalue weighted by Crippen LogP contribution is -2.56. The predicted octanol–water partition coefficient (Wildman–Crippen LogP) is 4.24. The van der Waals surface area contributed by atoms with Gasteiger partial charge in [0.15, 0.2) is 5.11 Å². The highest BCUT2D eigenvalue weighted by molar-refractivity contribution is 7.80. The third-order valence-corrected chi connectivity index (χ3v) is 3.71. The molecular formula is C13H15Cl4N3OS. The Morgan fingerprint density at radius 2 is 1.91 bits per heavy atom. The molecule has 1 aromatic rings. The zero-order chi connectivity index (χ0) is 16.8. The van der Waals surface area contributed by atoms with Gasteiger partial charge in [-0.05, 0) is 30.8 Å². The number of hydrogen-bond donors (Lipinski definition) is 3. The van der Waals surface area contributed by atoms with Gasteiger partial charge in [0, 0.05) is 6.42 Å². The van der Waals surface area contributed by atoms with E-state index in [9.17, 15) is 4.79 Å². The topological polar surface area (TPSA) is 53.2 Å². The Morgan fingerprint density at radius 3 is 2.45 bits per heavy atom. The maximum Gasteiger partial charge on any atom is 0.228 e. The summed E-state index contributed by atoms with van der Waals surface area (Å²) in [5, 5.41) is 8.88. The quantitative estimate of drug-likeness (QED) is 0.391. The molecule has 0 aliphatic carbocycles. The number of benzene rings is 1. The van der Waals surface area contributed by atoms with Crippen LogP contribution in [-0.2, 0) is 4.79 Å². The van der Waals surface area contributed by atoms with Crippen LogP contribution in [0.15, 0.2) is 24.3 Å². The Labute approximate surface area is 154 Å². The molecule has 1 aromatic carbocycles. The van der Waals surface area contributed by atoms with E-state index in [1.165, 1.54) is 0 Å². The normalized spacial score (nSPS) is 12.4. The van der Waals surface area contributed by atoms with Crippen molar-refractivity contribution in [2.75, 3.05) is 5.32 Å². The largest absolute Gasteiger partial charge is 0.339 e. The minimum absolute atomic E-state index is 0.168. The summed E-state index contributed by atoms with van der Waals surface area (Å²) >= 11 is 28.8. The number of nitrogens with one attached hydrogen (secondary N) is 3. The van der Waals surface area contributed by atoms with Crippen molar-refractivity contribution in [2.24, 2.45) is 0 Å². The Hall–Kier alpha value is -0.460. The molecule has 0 saturated heterocycles.